The summed E-state index contributed by atoms with van der Waals surface area (Å²) in [5, 5.41) is 8.26. The van der Waals surface area contributed by atoms with Crippen LogP contribution in [0.15, 0.2) is 48.8 Å². The Morgan fingerprint density at radius 3 is 2.58 bits per heavy atom. The van der Waals surface area contributed by atoms with E-state index in [2.05, 4.69) is 15.4 Å². The topological polar surface area (TPSA) is 59.8 Å². The lowest BCUT2D eigenvalue weighted by molar-refractivity contribution is 0.0938. The first kappa shape index (κ1) is 18.1. The third-order valence-corrected chi connectivity index (χ3v) is 4.81. The molecule has 5 nitrogen and oxygen atoms in total. The van der Waals surface area contributed by atoms with Gasteiger partial charge in [-0.05, 0) is 50.1 Å². The fraction of sp³-hybridized carbons (Fsp3) is 0.250. The molecule has 1 amide bonds. The second kappa shape index (κ2) is 7.70. The van der Waals surface area contributed by atoms with E-state index in [1.807, 2.05) is 61.9 Å². The molecule has 0 aliphatic heterocycles. The van der Waals surface area contributed by atoms with Crippen LogP contribution in [0.5, 0.6) is 0 Å². The van der Waals surface area contributed by atoms with E-state index in [4.69, 9.17) is 11.6 Å². The summed E-state index contributed by atoms with van der Waals surface area (Å²) in [5.41, 5.74) is 4.11. The number of benzene rings is 1. The van der Waals surface area contributed by atoms with Crippen LogP contribution in [0.25, 0.3) is 0 Å². The summed E-state index contributed by atoms with van der Waals surface area (Å²) in [6.45, 7) is 6.23. The Balaban J connectivity index is 1.81. The normalized spacial score (nSPS) is 12.0. The molecule has 0 saturated heterocycles. The van der Waals surface area contributed by atoms with E-state index in [1.54, 1.807) is 12.4 Å². The van der Waals surface area contributed by atoms with Crippen LogP contribution in [0.2, 0.25) is 5.02 Å². The number of aryl methyl sites for hydroxylation is 1. The van der Waals surface area contributed by atoms with Crippen molar-refractivity contribution in [2.75, 3.05) is 0 Å². The fourth-order valence-corrected chi connectivity index (χ4v) is 3.17. The highest BCUT2D eigenvalue weighted by molar-refractivity contribution is 6.31. The monoisotopic (exact) mass is 368 g/mol. The van der Waals surface area contributed by atoms with Crippen LogP contribution < -0.4 is 5.32 Å². The van der Waals surface area contributed by atoms with Crippen molar-refractivity contribution in [3.8, 4) is 0 Å². The minimum atomic E-state index is -0.130. The maximum atomic E-state index is 12.8. The Morgan fingerprint density at radius 2 is 1.88 bits per heavy atom. The molecule has 1 atom stereocenters. The van der Waals surface area contributed by atoms with Gasteiger partial charge in [-0.2, -0.15) is 5.10 Å². The van der Waals surface area contributed by atoms with Crippen LogP contribution >= 0.6 is 11.6 Å². The van der Waals surface area contributed by atoms with E-state index in [9.17, 15) is 4.79 Å². The number of pyridine rings is 1. The maximum absolute atomic E-state index is 12.8. The summed E-state index contributed by atoms with van der Waals surface area (Å²) >= 11 is 6.25. The molecule has 0 spiro atoms. The molecule has 2 aromatic heterocycles. The molecule has 134 valence electrons. The third kappa shape index (κ3) is 3.78. The highest BCUT2D eigenvalue weighted by Crippen LogP contribution is 2.20. The number of hydrogen-bond donors (Lipinski definition) is 1. The molecule has 0 fully saturated rings. The molecule has 6 heteroatoms. The van der Waals surface area contributed by atoms with E-state index in [0.29, 0.717) is 22.8 Å². The molecule has 26 heavy (non-hydrogen) atoms. The number of halogens is 1. The van der Waals surface area contributed by atoms with Crippen molar-refractivity contribution in [3.05, 3.63) is 81.9 Å². The summed E-state index contributed by atoms with van der Waals surface area (Å²) in [6.07, 6.45) is 3.44. The molecular weight excluding hydrogens is 348 g/mol. The number of nitrogens with zero attached hydrogens (tertiary/aromatic N) is 3. The Labute approximate surface area is 158 Å². The zero-order chi connectivity index (χ0) is 18.7. The number of nitrogens with one attached hydrogen (secondary N) is 1. The molecule has 1 aromatic carbocycles. The van der Waals surface area contributed by atoms with Crippen molar-refractivity contribution in [1.29, 1.82) is 0 Å². The van der Waals surface area contributed by atoms with Gasteiger partial charge < -0.3 is 5.32 Å². The van der Waals surface area contributed by atoms with Crippen molar-refractivity contribution < 1.29 is 4.79 Å². The minimum Gasteiger partial charge on any atom is -0.345 e. The van der Waals surface area contributed by atoms with E-state index in [0.717, 1.165) is 16.8 Å². The van der Waals surface area contributed by atoms with Crippen LogP contribution in [0.4, 0.5) is 0 Å². The quantitative estimate of drug-likeness (QED) is 0.737. The SMILES string of the molecule is Cc1nn(Cc2ccccc2Cl)c(C)c1C(=O)NC(C)c1ccncc1. The molecule has 0 saturated carbocycles. The van der Waals surface area contributed by atoms with Crippen LogP contribution in [0.1, 0.15) is 45.8 Å². The van der Waals surface area contributed by atoms with E-state index in [1.165, 1.54) is 0 Å². The first-order chi connectivity index (χ1) is 12.5. The molecule has 3 rings (SSSR count). The van der Waals surface area contributed by atoms with Gasteiger partial charge in [-0.25, -0.2) is 0 Å². The molecule has 2 heterocycles. The predicted molar refractivity (Wildman–Crippen MR) is 102 cm³/mol. The number of carbonyl (C=O) groups is 1. The van der Waals surface area contributed by atoms with Crippen LogP contribution in [0.3, 0.4) is 0 Å². The third-order valence-electron chi connectivity index (χ3n) is 4.44. The average Bonchev–Trinajstić information content (AvgIpc) is 2.91. The maximum Gasteiger partial charge on any atom is 0.255 e. The second-order valence-corrected chi connectivity index (χ2v) is 6.68. The summed E-state index contributed by atoms with van der Waals surface area (Å²) in [6, 6.07) is 11.3. The number of rotatable bonds is 5. The van der Waals surface area contributed by atoms with E-state index < -0.39 is 0 Å². The first-order valence-corrected chi connectivity index (χ1v) is 8.83. The Hall–Kier alpha value is -2.66. The number of carbonyl (C=O) groups excluding carboxylic acids is 1. The lowest BCUT2D eigenvalue weighted by atomic mass is 10.1. The van der Waals surface area contributed by atoms with Crippen molar-refractivity contribution in [2.45, 2.75) is 33.4 Å². The summed E-state index contributed by atoms with van der Waals surface area (Å²) in [5.74, 6) is -0.130. The van der Waals surface area contributed by atoms with Crippen molar-refractivity contribution in [3.63, 3.8) is 0 Å². The van der Waals surface area contributed by atoms with E-state index >= 15 is 0 Å². The van der Waals surface area contributed by atoms with Gasteiger partial charge in [0.1, 0.15) is 0 Å². The van der Waals surface area contributed by atoms with Crippen LogP contribution in [-0.4, -0.2) is 20.7 Å². The molecule has 0 aliphatic rings. The molecule has 0 bridgehead atoms. The number of aromatic nitrogens is 3. The standard InChI is InChI=1S/C20H21ClN4O/c1-13(16-8-10-22-11-9-16)23-20(26)19-14(2)24-25(15(19)3)12-17-6-4-5-7-18(17)21/h4-11,13H,12H2,1-3H3,(H,23,26). The second-order valence-electron chi connectivity index (χ2n) is 6.27. The lowest BCUT2D eigenvalue weighted by Gasteiger charge is -2.14. The van der Waals surface area contributed by atoms with Crippen LogP contribution in [0, 0.1) is 13.8 Å². The Kier molecular flexibility index (Phi) is 5.38. The summed E-state index contributed by atoms with van der Waals surface area (Å²) < 4.78 is 1.82. The molecule has 3 aromatic rings. The minimum absolute atomic E-state index is 0.115. The predicted octanol–water partition coefficient (Wildman–Crippen LogP) is 4.09. The van der Waals surface area contributed by atoms with Gasteiger partial charge in [0.15, 0.2) is 0 Å². The van der Waals surface area contributed by atoms with Gasteiger partial charge in [-0.3, -0.25) is 14.5 Å². The molecule has 1 unspecified atom stereocenters. The summed E-state index contributed by atoms with van der Waals surface area (Å²) in [7, 11) is 0. The Morgan fingerprint density at radius 1 is 1.19 bits per heavy atom. The van der Waals surface area contributed by atoms with Crippen molar-refractivity contribution in [1.82, 2.24) is 20.1 Å². The van der Waals surface area contributed by atoms with Gasteiger partial charge in [-0.15, -0.1) is 0 Å². The average molecular weight is 369 g/mol. The van der Waals surface area contributed by atoms with Gasteiger partial charge >= 0.3 is 0 Å². The van der Waals surface area contributed by atoms with Gasteiger partial charge in [0.05, 0.1) is 23.8 Å². The van der Waals surface area contributed by atoms with Gasteiger partial charge in [0.2, 0.25) is 0 Å². The van der Waals surface area contributed by atoms with Crippen molar-refractivity contribution in [2.24, 2.45) is 0 Å². The van der Waals surface area contributed by atoms with Gasteiger partial charge in [-0.1, -0.05) is 29.8 Å². The highest BCUT2D eigenvalue weighted by atomic mass is 35.5. The van der Waals surface area contributed by atoms with Gasteiger partial charge in [0, 0.05) is 23.1 Å². The number of amides is 1. The first-order valence-electron chi connectivity index (χ1n) is 8.45. The van der Waals surface area contributed by atoms with Crippen molar-refractivity contribution >= 4 is 17.5 Å². The fourth-order valence-electron chi connectivity index (χ4n) is 2.97. The molecule has 0 aliphatic carbocycles. The number of hydrogen-bond acceptors (Lipinski definition) is 3. The lowest BCUT2D eigenvalue weighted by Crippen LogP contribution is -2.27. The van der Waals surface area contributed by atoms with Gasteiger partial charge in [0.25, 0.3) is 5.91 Å². The molecular formula is C20H21ClN4O. The molecule has 0 radical (unpaired) electrons. The zero-order valence-electron chi connectivity index (χ0n) is 15.0. The van der Waals surface area contributed by atoms with Crippen LogP contribution in [-0.2, 0) is 6.54 Å². The molecule has 1 N–H and O–H groups in total. The largest absolute Gasteiger partial charge is 0.345 e. The smallest absolute Gasteiger partial charge is 0.255 e. The summed E-state index contributed by atoms with van der Waals surface area (Å²) in [4.78, 5) is 16.8. The zero-order valence-corrected chi connectivity index (χ0v) is 15.8. The highest BCUT2D eigenvalue weighted by Gasteiger charge is 2.20. The Bertz CT molecular complexity index is 921. The van der Waals surface area contributed by atoms with E-state index in [-0.39, 0.29) is 11.9 Å².